The number of hydrogen-bond donors (Lipinski definition) is 4. The Morgan fingerprint density at radius 2 is 2.00 bits per heavy atom. The first kappa shape index (κ1) is 30.7. The van der Waals surface area contributed by atoms with Gasteiger partial charge in [-0.3, -0.25) is 9.98 Å². The molecule has 0 amide bonds. The zero-order valence-corrected chi connectivity index (χ0v) is 23.3. The fraction of sp³-hybridized carbons (Fsp3) is 0.533. The number of aldehydes is 1. The average Bonchev–Trinajstić information content (AvgIpc) is 3.45. The Morgan fingerprint density at radius 1 is 1.20 bits per heavy atom. The topological polar surface area (TPSA) is 171 Å². The first-order valence-electron chi connectivity index (χ1n) is 14.3. The van der Waals surface area contributed by atoms with E-state index in [0.29, 0.717) is 42.7 Å². The molecule has 10 heteroatoms. The van der Waals surface area contributed by atoms with Gasteiger partial charge in [-0.15, -0.1) is 0 Å². The number of aromatic amines is 1. The number of nitrogens with zero attached hydrogens (tertiary/aromatic N) is 3. The molecule has 3 heterocycles. The van der Waals surface area contributed by atoms with E-state index < -0.39 is 5.97 Å². The number of aliphatic carboxylic acids is 1. The molecular weight excluding hydrogens is 508 g/mol. The van der Waals surface area contributed by atoms with Crippen LogP contribution in [0.4, 0.5) is 5.82 Å². The molecule has 0 radical (unpaired) electrons. The summed E-state index contributed by atoms with van der Waals surface area (Å²) in [4.78, 5) is 34.0. The van der Waals surface area contributed by atoms with Crippen molar-refractivity contribution in [1.29, 1.82) is 0 Å². The van der Waals surface area contributed by atoms with Gasteiger partial charge in [0.15, 0.2) is 5.96 Å². The molecule has 1 aliphatic rings. The minimum atomic E-state index is -1.02. The van der Waals surface area contributed by atoms with E-state index in [1.54, 1.807) is 12.4 Å². The molecule has 2 aromatic heterocycles. The van der Waals surface area contributed by atoms with E-state index >= 15 is 0 Å². The van der Waals surface area contributed by atoms with Crippen LogP contribution in [0.5, 0.6) is 5.88 Å². The van der Waals surface area contributed by atoms with Crippen molar-refractivity contribution in [3.63, 3.8) is 0 Å². The highest BCUT2D eigenvalue weighted by Crippen LogP contribution is 2.32. The number of carboxylic acid groups (broad SMARTS) is 1. The van der Waals surface area contributed by atoms with Crippen LogP contribution in [0.15, 0.2) is 53.3 Å². The van der Waals surface area contributed by atoms with Crippen LogP contribution >= 0.6 is 0 Å². The van der Waals surface area contributed by atoms with Gasteiger partial charge in [-0.1, -0.05) is 75.3 Å². The molecule has 0 saturated carbocycles. The zero-order chi connectivity index (χ0) is 28.7. The van der Waals surface area contributed by atoms with Gasteiger partial charge in [-0.05, 0) is 61.1 Å². The van der Waals surface area contributed by atoms with E-state index in [9.17, 15) is 19.8 Å². The lowest BCUT2D eigenvalue weighted by molar-refractivity contribution is -0.275. The average molecular weight is 551 g/mol. The van der Waals surface area contributed by atoms with Crippen molar-refractivity contribution >= 4 is 24.0 Å². The largest absolute Gasteiger partial charge is 0.859 e. The number of carbonyl (C=O) groups is 2. The fourth-order valence-electron chi connectivity index (χ4n) is 5.23. The molecule has 4 atom stereocenters. The maximum atomic E-state index is 11.9. The number of nitrogens with one attached hydrogen (secondary N) is 2. The van der Waals surface area contributed by atoms with Crippen molar-refractivity contribution in [3.8, 4) is 5.88 Å². The number of nitrogens with two attached hydrogens (primary N) is 1. The summed E-state index contributed by atoms with van der Waals surface area (Å²) in [6.45, 7) is 2.47. The number of aliphatic imine (C=N–C) groups is 1. The second-order valence-electron chi connectivity index (χ2n) is 10.7. The van der Waals surface area contributed by atoms with E-state index in [-0.39, 0.29) is 23.9 Å². The number of hydrogen-bond acceptors (Lipinski definition) is 7. The fourth-order valence-corrected chi connectivity index (χ4v) is 5.23. The molecule has 3 rings (SSSR count). The van der Waals surface area contributed by atoms with Gasteiger partial charge in [0.25, 0.3) is 0 Å². The third-order valence-electron chi connectivity index (χ3n) is 7.40. The Hall–Kier alpha value is -3.82. The number of unbranched alkanes of at least 4 members (excludes halogenated alkanes) is 3. The van der Waals surface area contributed by atoms with Gasteiger partial charge in [-0.25, -0.2) is 4.79 Å². The van der Waals surface area contributed by atoms with Crippen LogP contribution in [0.3, 0.4) is 0 Å². The Kier molecular flexibility index (Phi) is 12.5. The van der Waals surface area contributed by atoms with Crippen LogP contribution in [0.1, 0.15) is 70.3 Å². The molecule has 0 saturated heterocycles. The lowest BCUT2D eigenvalue weighted by Gasteiger charge is -2.35. The van der Waals surface area contributed by atoms with Crippen molar-refractivity contribution < 1.29 is 19.8 Å². The molecular formula is C30H42N6O4-2. The molecule has 0 unspecified atom stereocenters. The van der Waals surface area contributed by atoms with Crippen LogP contribution in [0.2, 0.25) is 0 Å². The lowest BCUT2D eigenvalue weighted by Crippen LogP contribution is -2.46. The molecule has 40 heavy (non-hydrogen) atoms. The Bertz CT molecular complexity index is 1100. The number of H-pyrrole nitrogens is 1. The van der Waals surface area contributed by atoms with Gasteiger partial charge in [0.05, 0.1) is 6.04 Å². The molecule has 5 N–H and O–H groups in total. The zero-order valence-electron chi connectivity index (χ0n) is 23.3. The Balaban J connectivity index is 1.72. The third kappa shape index (κ3) is 10.7. The second-order valence-corrected chi connectivity index (χ2v) is 10.7. The highest BCUT2D eigenvalue weighted by molar-refractivity contribution is 5.83. The van der Waals surface area contributed by atoms with Crippen LogP contribution in [0.25, 0.3) is 5.32 Å². The Labute approximate surface area is 236 Å². The van der Waals surface area contributed by atoms with Gasteiger partial charge >= 0.3 is 5.97 Å². The molecule has 0 bridgehead atoms. The summed E-state index contributed by atoms with van der Waals surface area (Å²) < 4.78 is 0. The molecule has 0 aromatic carbocycles. The van der Waals surface area contributed by atoms with Crippen LogP contribution in [0, 0.1) is 11.8 Å². The number of pyridine rings is 1. The predicted octanol–water partition coefficient (Wildman–Crippen LogP) is 4.36. The first-order valence-corrected chi connectivity index (χ1v) is 14.3. The maximum absolute atomic E-state index is 11.9. The normalized spacial score (nSPS) is 17.8. The van der Waals surface area contributed by atoms with Crippen molar-refractivity contribution in [2.24, 2.45) is 22.6 Å². The van der Waals surface area contributed by atoms with E-state index in [4.69, 9.17) is 11.1 Å². The van der Waals surface area contributed by atoms with Gasteiger partial charge < -0.3 is 36.4 Å². The van der Waals surface area contributed by atoms with Gasteiger partial charge in [0, 0.05) is 24.7 Å². The molecule has 218 valence electrons. The standard InChI is InChI=1S/C30H43N6O4/c1-21(20-37)7-4-2-3-5-8-22(17-23-11-13-28(38)34-19-23)10-12-25(35-27-9-6-15-32-27)24(18-29(39)40)26-14-16-33-30(31)36-26/h6,9,11,13,15,18-22,25-26,32H,2-5,7-8,10,12,14,16-17H2,1H3,(H,34,38)(H,39,40)(H3,31,33,36)/q-1/p-1/b24-18-/t21-,22+,25+,26-/m0/s1. The molecule has 0 fully saturated rings. The lowest BCUT2D eigenvalue weighted by atomic mass is 9.85. The number of guanidine groups is 1. The van der Waals surface area contributed by atoms with E-state index in [1.165, 1.54) is 12.1 Å². The van der Waals surface area contributed by atoms with Gasteiger partial charge in [0.1, 0.15) is 6.29 Å². The van der Waals surface area contributed by atoms with Crippen LogP contribution < -0.4 is 16.2 Å². The number of carbonyl (C=O) groups excluding carboxylic acids is 1. The van der Waals surface area contributed by atoms with Crippen molar-refractivity contribution in [1.82, 2.24) is 15.3 Å². The summed E-state index contributed by atoms with van der Waals surface area (Å²) in [6.07, 6.45) is 14.8. The van der Waals surface area contributed by atoms with E-state index in [1.807, 2.05) is 25.1 Å². The number of aromatic nitrogens is 2. The summed E-state index contributed by atoms with van der Waals surface area (Å²) in [5.74, 6) is 0.148. The van der Waals surface area contributed by atoms with E-state index in [2.05, 4.69) is 20.3 Å². The molecule has 10 nitrogen and oxygen atoms in total. The highest BCUT2D eigenvalue weighted by Gasteiger charge is 2.25. The summed E-state index contributed by atoms with van der Waals surface area (Å²) in [7, 11) is 0. The predicted molar refractivity (Wildman–Crippen MR) is 154 cm³/mol. The van der Waals surface area contributed by atoms with Crippen molar-refractivity contribution in [2.75, 3.05) is 6.54 Å². The SMILES string of the molecule is C[C@H](C=O)CCCCCC[C@H](CC[C@@H]([N-]c1ccc[nH]1)/C(=C/C(=O)O)[C@@H]1CCN=C(N)N1)Cc1ccc([O-])nc1. The number of carboxylic acids is 1. The first-order chi connectivity index (χ1) is 19.3. The maximum Gasteiger partial charge on any atom is 0.328 e. The van der Waals surface area contributed by atoms with Crippen LogP contribution in [-0.4, -0.2) is 51.9 Å². The quantitative estimate of drug-likeness (QED) is 0.121. The van der Waals surface area contributed by atoms with Crippen molar-refractivity contribution in [3.05, 3.63) is 59.2 Å². The minimum Gasteiger partial charge on any atom is -0.859 e. The summed E-state index contributed by atoms with van der Waals surface area (Å²) in [5.41, 5.74) is 7.64. The van der Waals surface area contributed by atoms with E-state index in [0.717, 1.165) is 63.2 Å². The number of rotatable bonds is 18. The summed E-state index contributed by atoms with van der Waals surface area (Å²) in [5, 5.41) is 29.3. The monoisotopic (exact) mass is 550 g/mol. The molecule has 2 aromatic rings. The molecule has 0 spiro atoms. The van der Waals surface area contributed by atoms with Gasteiger partial charge in [-0.2, -0.15) is 0 Å². The molecule has 0 aliphatic carbocycles. The molecule has 1 aliphatic heterocycles. The Morgan fingerprint density at radius 3 is 2.65 bits per heavy atom. The highest BCUT2D eigenvalue weighted by atomic mass is 16.4. The summed E-state index contributed by atoms with van der Waals surface area (Å²) in [6, 6.07) is 6.44. The second kappa shape index (κ2) is 16.3. The third-order valence-corrected chi connectivity index (χ3v) is 7.40. The van der Waals surface area contributed by atoms with Crippen LogP contribution in [-0.2, 0) is 16.0 Å². The summed E-state index contributed by atoms with van der Waals surface area (Å²) >= 11 is 0. The smallest absolute Gasteiger partial charge is 0.328 e. The minimum absolute atomic E-state index is 0.109. The van der Waals surface area contributed by atoms with Gasteiger partial charge in [0.2, 0.25) is 0 Å². The van der Waals surface area contributed by atoms with Crippen molar-refractivity contribution in [2.45, 2.75) is 83.2 Å².